The predicted octanol–water partition coefficient (Wildman–Crippen LogP) is 7.18. The van der Waals surface area contributed by atoms with Crippen LogP contribution in [0.2, 0.25) is 0 Å². The normalized spacial score (nSPS) is 13.0. The van der Waals surface area contributed by atoms with E-state index in [0.717, 1.165) is 22.0 Å². The molecule has 4 aromatic rings. The van der Waals surface area contributed by atoms with E-state index in [2.05, 4.69) is 20.3 Å². The summed E-state index contributed by atoms with van der Waals surface area (Å²) in [6.45, 7) is 7.39. The van der Waals surface area contributed by atoms with Gasteiger partial charge in [-0.25, -0.2) is 0 Å². The Bertz CT molecular complexity index is 1250. The number of anilines is 1. The van der Waals surface area contributed by atoms with Gasteiger partial charge in [0.25, 0.3) is 0 Å². The summed E-state index contributed by atoms with van der Waals surface area (Å²) < 4.78 is 43.2. The van der Waals surface area contributed by atoms with Crippen molar-refractivity contribution in [1.29, 1.82) is 0 Å². The Labute approximate surface area is 204 Å². The van der Waals surface area contributed by atoms with Crippen LogP contribution in [-0.4, -0.2) is 0 Å². The Morgan fingerprint density at radius 3 is 1.50 bits per heavy atom. The average molecular weight is 541 g/mol. The van der Waals surface area contributed by atoms with E-state index in [-0.39, 0.29) is 17.4 Å². The Balaban J connectivity index is 2.18. The Morgan fingerprint density at radius 2 is 1.15 bits per heavy atom. The molecule has 0 bridgehead atoms. The van der Waals surface area contributed by atoms with Crippen molar-refractivity contribution in [2.24, 2.45) is 0 Å². The second kappa shape index (κ2) is 8.91. The minimum atomic E-state index is -4.74. The molecule has 0 aliphatic carbocycles. The zero-order valence-electron chi connectivity index (χ0n) is 18.0. The molecular formula is C27H21BrF3N2P. The summed E-state index contributed by atoms with van der Waals surface area (Å²) in [4.78, 5) is 3.18. The molecule has 2 N–H and O–H groups in total. The van der Waals surface area contributed by atoms with E-state index in [0.29, 0.717) is 0 Å². The maximum atomic E-state index is 14.4. The second-order valence-corrected chi connectivity index (χ2v) is 16.9. The van der Waals surface area contributed by atoms with Crippen molar-refractivity contribution in [2.75, 3.05) is 5.73 Å². The van der Waals surface area contributed by atoms with Crippen LogP contribution in [0.25, 0.3) is 4.85 Å². The first-order chi connectivity index (χ1) is 16.2. The number of hydrogen-bond acceptors (Lipinski definition) is 1. The zero-order valence-corrected chi connectivity index (χ0v) is 20.5. The van der Waals surface area contributed by atoms with Gasteiger partial charge in [-0.2, -0.15) is 0 Å². The Hall–Kier alpha value is -3.13. The topological polar surface area (TPSA) is 30.4 Å². The summed E-state index contributed by atoms with van der Waals surface area (Å²) in [5, 5.41) is -1.14. The van der Waals surface area contributed by atoms with Crippen molar-refractivity contribution in [3.8, 4) is 0 Å². The number of nitrogens with zero attached hydrogens (tertiary/aromatic N) is 1. The number of halogens is 4. The van der Waals surface area contributed by atoms with Gasteiger partial charge in [0.05, 0.1) is 0 Å². The Kier molecular flexibility index (Phi) is 6.29. The van der Waals surface area contributed by atoms with E-state index in [1.165, 1.54) is 6.07 Å². The van der Waals surface area contributed by atoms with Crippen molar-refractivity contribution < 1.29 is 13.2 Å². The van der Waals surface area contributed by atoms with Crippen LogP contribution in [0.1, 0.15) is 11.1 Å². The van der Waals surface area contributed by atoms with Gasteiger partial charge >= 0.3 is 205 Å². The standard InChI is InChI=1S/C27H21BrF3N2P/c1-33-25-18-17-24(32)23(26(25)27(29,30)31)19-34(28,20-11-5-2-6-12-20,21-13-7-3-8-14-21)22-15-9-4-10-16-22/h2-18H,19,32H2. The fourth-order valence-corrected chi connectivity index (χ4v) is 12.1. The molecule has 0 radical (unpaired) electrons. The van der Waals surface area contributed by atoms with Crippen LogP contribution in [0, 0.1) is 6.57 Å². The summed E-state index contributed by atoms with van der Waals surface area (Å²) in [6.07, 6.45) is -4.79. The van der Waals surface area contributed by atoms with Crippen molar-refractivity contribution in [1.82, 2.24) is 0 Å². The molecule has 2 nitrogen and oxygen atoms in total. The van der Waals surface area contributed by atoms with Crippen molar-refractivity contribution in [3.63, 3.8) is 0 Å². The molecule has 0 aliphatic heterocycles. The number of rotatable bonds is 5. The minimum absolute atomic E-state index is 0.0102. The molecule has 0 saturated carbocycles. The molecule has 172 valence electrons. The van der Waals surface area contributed by atoms with Crippen LogP contribution in [0.5, 0.6) is 0 Å². The molecule has 7 heteroatoms. The molecule has 4 aromatic carbocycles. The third kappa shape index (κ3) is 3.90. The van der Waals surface area contributed by atoms with Gasteiger partial charge in [0, 0.05) is 0 Å². The van der Waals surface area contributed by atoms with E-state index in [9.17, 15) is 13.2 Å². The van der Waals surface area contributed by atoms with Gasteiger partial charge in [0.2, 0.25) is 0 Å². The fraction of sp³-hybridized carbons (Fsp3) is 0.0741. The quantitative estimate of drug-likeness (QED) is 0.162. The molecule has 0 saturated heterocycles. The summed E-state index contributed by atoms with van der Waals surface area (Å²) in [6, 6.07) is 31.1. The first kappa shape index (κ1) is 24.0. The summed E-state index contributed by atoms with van der Waals surface area (Å²) in [5.74, 6) is 0. The zero-order chi connectivity index (χ0) is 24.4. The first-order valence-corrected chi connectivity index (χ1v) is 14.9. The summed E-state index contributed by atoms with van der Waals surface area (Å²) >= 11 is 4.17. The SMILES string of the molecule is [C-]#[N+]c1ccc(N)c(CP(Br)(c2ccccc2)(c2ccccc2)c2ccccc2)c1C(F)(F)F. The second-order valence-electron chi connectivity index (χ2n) is 7.98. The van der Waals surface area contributed by atoms with Gasteiger partial charge < -0.3 is 0 Å². The summed E-state index contributed by atoms with van der Waals surface area (Å²) in [5.41, 5.74) is 4.74. The third-order valence-corrected chi connectivity index (χ3v) is 15.5. The number of nitrogen functional groups attached to an aromatic ring is 1. The Morgan fingerprint density at radius 1 is 0.735 bits per heavy atom. The van der Waals surface area contributed by atoms with E-state index < -0.39 is 22.7 Å². The van der Waals surface area contributed by atoms with E-state index in [1.54, 1.807) is 0 Å². The van der Waals surface area contributed by atoms with E-state index in [1.807, 2.05) is 91.0 Å². The van der Waals surface area contributed by atoms with E-state index in [4.69, 9.17) is 12.3 Å². The van der Waals surface area contributed by atoms with Gasteiger partial charge in [-0.3, -0.25) is 0 Å². The summed E-state index contributed by atoms with van der Waals surface area (Å²) in [7, 11) is 0. The fourth-order valence-electron chi connectivity index (χ4n) is 4.47. The molecule has 0 atom stereocenters. The number of benzene rings is 4. The number of hydrogen-bond donors (Lipinski definition) is 1. The molecule has 0 aromatic heterocycles. The van der Waals surface area contributed by atoms with Crippen LogP contribution < -0.4 is 21.6 Å². The monoisotopic (exact) mass is 540 g/mol. The van der Waals surface area contributed by atoms with Crippen LogP contribution >= 0.6 is 20.8 Å². The maximum absolute atomic E-state index is 14.4. The first-order valence-electron chi connectivity index (χ1n) is 10.5. The third-order valence-electron chi connectivity index (χ3n) is 6.07. The van der Waals surface area contributed by atoms with Crippen LogP contribution in [-0.2, 0) is 12.3 Å². The molecule has 0 spiro atoms. The van der Waals surface area contributed by atoms with Gasteiger partial charge in [-0.05, 0) is 0 Å². The van der Waals surface area contributed by atoms with Crippen LogP contribution in [0.15, 0.2) is 103 Å². The van der Waals surface area contributed by atoms with Gasteiger partial charge in [-0.1, -0.05) is 0 Å². The van der Waals surface area contributed by atoms with Gasteiger partial charge in [0.1, 0.15) is 0 Å². The van der Waals surface area contributed by atoms with Gasteiger partial charge in [0.15, 0.2) is 0 Å². The molecular weight excluding hydrogens is 520 g/mol. The molecule has 0 unspecified atom stereocenters. The number of alkyl halides is 3. The van der Waals surface area contributed by atoms with Crippen molar-refractivity contribution >= 4 is 48.1 Å². The molecule has 0 heterocycles. The van der Waals surface area contributed by atoms with Crippen LogP contribution in [0.4, 0.5) is 24.5 Å². The van der Waals surface area contributed by atoms with Gasteiger partial charge in [-0.15, -0.1) is 0 Å². The molecule has 0 aliphatic rings. The van der Waals surface area contributed by atoms with E-state index >= 15 is 0 Å². The predicted molar refractivity (Wildman–Crippen MR) is 140 cm³/mol. The van der Waals surface area contributed by atoms with Crippen LogP contribution in [0.3, 0.4) is 0 Å². The molecule has 0 fully saturated rings. The average Bonchev–Trinajstić information content (AvgIpc) is 2.86. The van der Waals surface area contributed by atoms with Crippen molar-refractivity contribution in [2.45, 2.75) is 12.3 Å². The number of nitrogens with two attached hydrogens (primary N) is 1. The molecule has 0 amide bonds. The molecule has 4 rings (SSSR count). The molecule has 34 heavy (non-hydrogen) atoms. The van der Waals surface area contributed by atoms with Crippen molar-refractivity contribution in [3.05, 3.63) is 126 Å².